The van der Waals surface area contributed by atoms with Crippen molar-refractivity contribution >= 4 is 23.8 Å². The summed E-state index contributed by atoms with van der Waals surface area (Å²) in [6.07, 6.45) is -0.713. The number of benzene rings is 3. The molecular formula is C25H23NO4S. The molecule has 1 atom stereocenters. The Morgan fingerprint density at radius 1 is 0.903 bits per heavy atom. The van der Waals surface area contributed by atoms with Crippen molar-refractivity contribution < 1.29 is 19.4 Å². The lowest BCUT2D eigenvalue weighted by Gasteiger charge is -2.17. The van der Waals surface area contributed by atoms with Gasteiger partial charge < -0.3 is 15.2 Å². The van der Waals surface area contributed by atoms with Gasteiger partial charge >= 0.3 is 12.1 Å². The number of carbonyl (C=O) groups excluding carboxylic acids is 1. The third kappa shape index (κ3) is 4.91. The van der Waals surface area contributed by atoms with Gasteiger partial charge in [0.05, 0.1) is 0 Å². The fraction of sp³-hybridized carbons (Fsp3) is 0.200. The number of hydrogen-bond acceptors (Lipinski definition) is 4. The number of thioether (sulfide) groups is 1. The number of fused-ring (bicyclic) bond motifs is 3. The Kier molecular flexibility index (Phi) is 6.57. The van der Waals surface area contributed by atoms with Gasteiger partial charge in [0, 0.05) is 17.4 Å². The summed E-state index contributed by atoms with van der Waals surface area (Å²) in [5.41, 5.74) is 5.63. The zero-order valence-corrected chi connectivity index (χ0v) is 17.7. The van der Waals surface area contributed by atoms with Crippen molar-refractivity contribution in [3.8, 4) is 11.1 Å². The average molecular weight is 434 g/mol. The van der Waals surface area contributed by atoms with Crippen LogP contribution in [0.5, 0.6) is 0 Å². The van der Waals surface area contributed by atoms with Gasteiger partial charge in [0.15, 0.2) is 0 Å². The van der Waals surface area contributed by atoms with Crippen LogP contribution in [0.2, 0.25) is 0 Å². The SMILES string of the molecule is O=C(NC(CSCc1ccccc1)C(=O)O)OCC1c2ccccc2-c2ccccc21. The van der Waals surface area contributed by atoms with E-state index in [1.807, 2.05) is 66.7 Å². The predicted molar refractivity (Wildman–Crippen MR) is 122 cm³/mol. The number of hydrogen-bond donors (Lipinski definition) is 2. The molecule has 5 nitrogen and oxygen atoms in total. The fourth-order valence-electron chi connectivity index (χ4n) is 3.83. The standard InChI is InChI=1S/C25H23NO4S/c27-24(28)23(16-31-15-17-8-2-1-3-9-17)26-25(29)30-14-22-20-12-6-4-10-18(20)19-11-5-7-13-21(19)22/h1-13,22-23H,14-16H2,(H,26,29)(H,27,28). The molecule has 1 amide bonds. The van der Waals surface area contributed by atoms with Crippen LogP contribution < -0.4 is 5.32 Å². The predicted octanol–water partition coefficient (Wildman–Crippen LogP) is 4.91. The number of nitrogens with one attached hydrogen (secondary N) is 1. The van der Waals surface area contributed by atoms with Crippen LogP contribution in [0.1, 0.15) is 22.6 Å². The van der Waals surface area contributed by atoms with Gasteiger partial charge in [-0.2, -0.15) is 11.8 Å². The highest BCUT2D eigenvalue weighted by atomic mass is 32.2. The topological polar surface area (TPSA) is 75.6 Å². The molecule has 1 unspecified atom stereocenters. The highest BCUT2D eigenvalue weighted by molar-refractivity contribution is 7.98. The van der Waals surface area contributed by atoms with Crippen molar-refractivity contribution in [2.75, 3.05) is 12.4 Å². The van der Waals surface area contributed by atoms with Crippen molar-refractivity contribution in [3.63, 3.8) is 0 Å². The second-order valence-corrected chi connectivity index (χ2v) is 8.39. The largest absolute Gasteiger partial charge is 0.480 e. The number of ether oxygens (including phenoxy) is 1. The minimum Gasteiger partial charge on any atom is -0.480 e. The molecule has 0 fully saturated rings. The zero-order chi connectivity index (χ0) is 21.6. The number of rotatable bonds is 8. The lowest BCUT2D eigenvalue weighted by atomic mass is 9.98. The van der Waals surface area contributed by atoms with Gasteiger partial charge in [-0.3, -0.25) is 0 Å². The molecule has 0 radical (unpaired) electrons. The molecule has 0 aliphatic heterocycles. The van der Waals surface area contributed by atoms with Gasteiger partial charge in [0.2, 0.25) is 0 Å². The highest BCUT2D eigenvalue weighted by Gasteiger charge is 2.29. The molecular weight excluding hydrogens is 410 g/mol. The summed E-state index contributed by atoms with van der Waals surface area (Å²) in [4.78, 5) is 23.9. The summed E-state index contributed by atoms with van der Waals surface area (Å²) in [5.74, 6) is -0.200. The van der Waals surface area contributed by atoms with Crippen molar-refractivity contribution in [2.45, 2.75) is 17.7 Å². The molecule has 0 bridgehead atoms. The van der Waals surface area contributed by atoms with E-state index in [-0.39, 0.29) is 18.3 Å². The maximum atomic E-state index is 12.4. The molecule has 158 valence electrons. The first-order valence-electron chi connectivity index (χ1n) is 10.1. The smallest absolute Gasteiger partial charge is 0.407 e. The van der Waals surface area contributed by atoms with Gasteiger partial charge in [-0.05, 0) is 27.8 Å². The normalized spacial score (nSPS) is 13.2. The van der Waals surface area contributed by atoms with Gasteiger partial charge in [-0.15, -0.1) is 0 Å². The number of carboxylic acids is 1. The van der Waals surface area contributed by atoms with E-state index >= 15 is 0 Å². The van der Waals surface area contributed by atoms with Crippen LogP contribution >= 0.6 is 11.8 Å². The van der Waals surface area contributed by atoms with Crippen molar-refractivity contribution in [3.05, 3.63) is 95.6 Å². The molecule has 2 N–H and O–H groups in total. The minimum atomic E-state index is -1.07. The van der Waals surface area contributed by atoms with Crippen molar-refractivity contribution in [1.29, 1.82) is 0 Å². The third-order valence-electron chi connectivity index (χ3n) is 5.33. The Balaban J connectivity index is 1.34. The van der Waals surface area contributed by atoms with Crippen LogP contribution in [0.15, 0.2) is 78.9 Å². The minimum absolute atomic E-state index is 0.0612. The Hall–Kier alpha value is -3.25. The van der Waals surface area contributed by atoms with Gasteiger partial charge in [-0.25, -0.2) is 9.59 Å². The maximum Gasteiger partial charge on any atom is 0.407 e. The Morgan fingerprint density at radius 3 is 2.10 bits per heavy atom. The highest BCUT2D eigenvalue weighted by Crippen LogP contribution is 2.44. The molecule has 0 spiro atoms. The molecule has 6 heteroatoms. The van der Waals surface area contributed by atoms with Gasteiger partial charge in [-0.1, -0.05) is 78.9 Å². The molecule has 0 saturated heterocycles. The molecule has 3 aromatic carbocycles. The summed E-state index contributed by atoms with van der Waals surface area (Å²) in [7, 11) is 0. The first-order chi connectivity index (χ1) is 15.1. The van der Waals surface area contributed by atoms with Crippen LogP contribution in [0.25, 0.3) is 11.1 Å². The third-order valence-corrected chi connectivity index (χ3v) is 6.44. The molecule has 1 aliphatic rings. The number of carboxylic acid groups (broad SMARTS) is 1. The summed E-state index contributed by atoms with van der Waals surface area (Å²) in [5, 5.41) is 12.0. The van der Waals surface area contributed by atoms with Crippen molar-refractivity contribution in [1.82, 2.24) is 5.32 Å². The van der Waals surface area contributed by atoms with Crippen LogP contribution in [0.3, 0.4) is 0 Å². The second-order valence-electron chi connectivity index (χ2n) is 7.36. The first kappa shape index (κ1) is 21.0. The van der Waals surface area contributed by atoms with Crippen LogP contribution in [0.4, 0.5) is 4.79 Å². The second kappa shape index (κ2) is 9.71. The number of carbonyl (C=O) groups is 2. The molecule has 31 heavy (non-hydrogen) atoms. The lowest BCUT2D eigenvalue weighted by molar-refractivity contribution is -0.138. The zero-order valence-electron chi connectivity index (χ0n) is 16.9. The maximum absolute atomic E-state index is 12.4. The Labute approximate surface area is 185 Å². The van der Waals surface area contributed by atoms with E-state index in [0.29, 0.717) is 5.75 Å². The van der Waals surface area contributed by atoms with E-state index in [9.17, 15) is 14.7 Å². The molecule has 0 heterocycles. The average Bonchev–Trinajstić information content (AvgIpc) is 3.11. The Morgan fingerprint density at radius 2 is 1.48 bits per heavy atom. The van der Waals surface area contributed by atoms with E-state index < -0.39 is 18.1 Å². The molecule has 0 saturated carbocycles. The number of amides is 1. The van der Waals surface area contributed by atoms with Gasteiger partial charge in [0.1, 0.15) is 12.6 Å². The first-order valence-corrected chi connectivity index (χ1v) is 11.2. The van der Waals surface area contributed by atoms with E-state index in [0.717, 1.165) is 27.8 Å². The quantitative estimate of drug-likeness (QED) is 0.528. The summed E-state index contributed by atoms with van der Waals surface area (Å²) < 4.78 is 5.46. The molecule has 3 aromatic rings. The van der Waals surface area contributed by atoms with Crippen LogP contribution in [-0.2, 0) is 15.3 Å². The lowest BCUT2D eigenvalue weighted by Crippen LogP contribution is -2.43. The monoisotopic (exact) mass is 433 g/mol. The Bertz CT molecular complexity index is 1020. The van der Waals surface area contributed by atoms with E-state index in [1.165, 1.54) is 11.8 Å². The molecule has 4 rings (SSSR count). The van der Waals surface area contributed by atoms with Crippen LogP contribution in [-0.4, -0.2) is 35.6 Å². The number of alkyl carbamates (subject to hydrolysis) is 1. The van der Waals surface area contributed by atoms with E-state index in [1.54, 1.807) is 0 Å². The van der Waals surface area contributed by atoms with Gasteiger partial charge in [0.25, 0.3) is 0 Å². The summed E-state index contributed by atoms with van der Waals surface area (Å²) in [6, 6.07) is 25.0. The summed E-state index contributed by atoms with van der Waals surface area (Å²) >= 11 is 1.46. The molecule has 0 aromatic heterocycles. The number of aliphatic carboxylic acids is 1. The molecule has 1 aliphatic carbocycles. The van der Waals surface area contributed by atoms with E-state index in [4.69, 9.17) is 4.74 Å². The van der Waals surface area contributed by atoms with E-state index in [2.05, 4.69) is 17.4 Å². The van der Waals surface area contributed by atoms with Crippen LogP contribution in [0, 0.1) is 0 Å². The summed E-state index contributed by atoms with van der Waals surface area (Å²) in [6.45, 7) is 0.156. The van der Waals surface area contributed by atoms with Crippen molar-refractivity contribution in [2.24, 2.45) is 0 Å². The fourth-order valence-corrected chi connectivity index (χ4v) is 4.83.